The van der Waals surface area contributed by atoms with Crippen LogP contribution in [0.4, 0.5) is 0 Å². The van der Waals surface area contributed by atoms with Crippen molar-refractivity contribution in [3.63, 3.8) is 0 Å². The van der Waals surface area contributed by atoms with E-state index in [0.29, 0.717) is 14.7 Å². The standard InChI is InChI=1S/C40H45IO6S3/c1-39(2,3)32-22-26-34(27-23-32)41(35-28-24-33(25-29-35)40(4,5)6)46-48(42,43)30-31-49(44,45)47-50(36-16-10-7-11-17-36,37-18-12-8-13-19-37)38-20-14-9-15-21-38/h7-29H,30-31H2,1-6H3. The molecule has 0 spiro atoms. The van der Waals surface area contributed by atoms with E-state index < -0.39 is 62.3 Å². The van der Waals surface area contributed by atoms with E-state index in [-0.39, 0.29) is 10.8 Å². The monoisotopic (exact) mass is 844 g/mol. The van der Waals surface area contributed by atoms with Gasteiger partial charge in [0.25, 0.3) is 0 Å². The van der Waals surface area contributed by atoms with Crippen LogP contribution in [-0.4, -0.2) is 28.3 Å². The van der Waals surface area contributed by atoms with Crippen molar-refractivity contribution in [2.24, 2.45) is 0 Å². The Labute approximate surface area is 308 Å². The van der Waals surface area contributed by atoms with E-state index in [2.05, 4.69) is 41.5 Å². The quantitative estimate of drug-likeness (QED) is 0.116. The van der Waals surface area contributed by atoms with Crippen molar-refractivity contribution in [2.75, 3.05) is 11.5 Å². The Bertz CT molecular complexity index is 1920. The van der Waals surface area contributed by atoms with Gasteiger partial charge in [0.1, 0.15) is 0 Å². The maximum absolute atomic E-state index is 14.0. The molecule has 6 nitrogen and oxygen atoms in total. The second-order valence-electron chi connectivity index (χ2n) is 13.9. The zero-order valence-electron chi connectivity index (χ0n) is 29.2. The van der Waals surface area contributed by atoms with Gasteiger partial charge < -0.3 is 0 Å². The van der Waals surface area contributed by atoms with Gasteiger partial charge in [0.2, 0.25) is 0 Å². The Morgan fingerprint density at radius 1 is 0.460 bits per heavy atom. The summed E-state index contributed by atoms with van der Waals surface area (Å²) in [5.74, 6) is -1.52. The van der Waals surface area contributed by atoms with E-state index >= 15 is 0 Å². The van der Waals surface area contributed by atoms with Crippen LogP contribution in [0.2, 0.25) is 0 Å². The minimum atomic E-state index is -4.43. The van der Waals surface area contributed by atoms with E-state index in [1.807, 2.05) is 140 Å². The Morgan fingerprint density at radius 3 is 1.10 bits per heavy atom. The van der Waals surface area contributed by atoms with E-state index in [1.54, 1.807) is 0 Å². The molecule has 0 fully saturated rings. The molecule has 0 aliphatic carbocycles. The van der Waals surface area contributed by atoms with Crippen LogP contribution < -0.4 is 0 Å². The predicted molar refractivity (Wildman–Crippen MR) is 213 cm³/mol. The first-order valence-corrected chi connectivity index (χ1v) is 24.0. The third-order valence-electron chi connectivity index (χ3n) is 7.99. The van der Waals surface area contributed by atoms with Crippen LogP contribution in [0.25, 0.3) is 0 Å². The van der Waals surface area contributed by atoms with Crippen LogP contribution in [0.3, 0.4) is 0 Å². The van der Waals surface area contributed by atoms with Gasteiger partial charge in [-0.15, -0.1) is 0 Å². The Kier molecular flexibility index (Phi) is 11.7. The third-order valence-corrected chi connectivity index (χ3v) is 20.9. The molecular weight excluding hydrogens is 800 g/mol. The number of hydrogen-bond acceptors (Lipinski definition) is 6. The van der Waals surface area contributed by atoms with Gasteiger partial charge in [-0.25, -0.2) is 0 Å². The second-order valence-corrected chi connectivity index (χ2v) is 25.1. The fourth-order valence-electron chi connectivity index (χ4n) is 5.21. The second kappa shape index (κ2) is 15.3. The topological polar surface area (TPSA) is 86.7 Å². The molecule has 0 saturated heterocycles. The molecule has 5 aromatic rings. The Morgan fingerprint density at radius 2 is 0.780 bits per heavy atom. The van der Waals surface area contributed by atoms with E-state index in [4.69, 9.17) is 6.14 Å². The fourth-order valence-corrected chi connectivity index (χ4v) is 18.3. The SMILES string of the molecule is CC(C)(C)c1ccc(I(OS(=O)(=O)CCS(=O)(=O)OS(c2ccccc2)(c2ccccc2)c2ccccc2)c2ccc(C(C)(C)C)cc2)cc1. The van der Waals surface area contributed by atoms with Gasteiger partial charge in [-0.05, 0) is 0 Å². The zero-order chi connectivity index (χ0) is 36.2. The fraction of sp³-hybridized carbons (Fsp3) is 0.250. The van der Waals surface area contributed by atoms with Crippen molar-refractivity contribution in [3.05, 3.63) is 158 Å². The maximum atomic E-state index is 14.0. The van der Waals surface area contributed by atoms with Gasteiger partial charge in [-0.3, -0.25) is 0 Å². The van der Waals surface area contributed by atoms with Crippen molar-refractivity contribution in [1.29, 1.82) is 0 Å². The van der Waals surface area contributed by atoms with Crippen molar-refractivity contribution >= 4 is 50.8 Å². The molecule has 0 N–H and O–H groups in total. The average molecular weight is 845 g/mol. The van der Waals surface area contributed by atoms with Crippen LogP contribution >= 0.6 is 30.5 Å². The van der Waals surface area contributed by atoms with E-state index in [9.17, 15) is 16.8 Å². The molecule has 266 valence electrons. The molecule has 5 aromatic carbocycles. The summed E-state index contributed by atoms with van der Waals surface area (Å²) in [7, 11) is -11.6. The van der Waals surface area contributed by atoms with Crippen LogP contribution in [0.5, 0.6) is 0 Å². The molecule has 0 radical (unpaired) electrons. The first-order valence-electron chi connectivity index (χ1n) is 16.3. The van der Waals surface area contributed by atoms with Gasteiger partial charge in [-0.1, -0.05) is 0 Å². The molecule has 0 aromatic heterocycles. The summed E-state index contributed by atoms with van der Waals surface area (Å²) in [4.78, 5) is 2.02. The van der Waals surface area contributed by atoms with Gasteiger partial charge in [0.05, 0.1) is 0 Å². The number of benzene rings is 5. The third kappa shape index (κ3) is 9.26. The van der Waals surface area contributed by atoms with Gasteiger partial charge in [-0.2, -0.15) is 0 Å². The molecule has 0 atom stereocenters. The Balaban J connectivity index is 1.47. The molecule has 50 heavy (non-hydrogen) atoms. The summed E-state index contributed by atoms with van der Waals surface area (Å²) >= 11 is -3.05. The molecule has 0 unspecified atom stereocenters. The molecule has 5 rings (SSSR count). The van der Waals surface area contributed by atoms with Crippen molar-refractivity contribution in [3.8, 4) is 0 Å². The molecular formula is C40H45IO6S3. The van der Waals surface area contributed by atoms with Crippen LogP contribution in [0, 0.1) is 7.14 Å². The molecule has 0 amide bonds. The van der Waals surface area contributed by atoms with Gasteiger partial charge >= 0.3 is 310 Å². The van der Waals surface area contributed by atoms with Gasteiger partial charge in [0, 0.05) is 0 Å². The number of hydrogen-bond donors (Lipinski definition) is 0. The normalized spacial score (nSPS) is 13.5. The number of rotatable bonds is 12. The summed E-state index contributed by atoms with van der Waals surface area (Å²) < 4.78 is 69.5. The summed E-state index contributed by atoms with van der Waals surface area (Å²) in [5.41, 5.74) is 2.08. The molecule has 0 saturated carbocycles. The van der Waals surface area contributed by atoms with Crippen LogP contribution in [0.1, 0.15) is 52.7 Å². The van der Waals surface area contributed by atoms with Crippen LogP contribution in [-0.2, 0) is 37.2 Å². The van der Waals surface area contributed by atoms with Crippen molar-refractivity contribution in [1.82, 2.24) is 0 Å². The minimum absolute atomic E-state index is 0.0797. The molecule has 0 bridgehead atoms. The number of halogens is 1. The zero-order valence-corrected chi connectivity index (χ0v) is 33.9. The average Bonchev–Trinajstić information content (AvgIpc) is 3.09. The van der Waals surface area contributed by atoms with Crippen LogP contribution in [0.15, 0.2) is 154 Å². The molecule has 10 heteroatoms. The van der Waals surface area contributed by atoms with Crippen molar-refractivity contribution in [2.45, 2.75) is 67.1 Å². The molecule has 0 aliphatic rings. The predicted octanol–water partition coefficient (Wildman–Crippen LogP) is 10.3. The summed E-state index contributed by atoms with van der Waals surface area (Å²) in [6.07, 6.45) is 0. The summed E-state index contributed by atoms with van der Waals surface area (Å²) in [6.45, 7) is 12.7. The summed E-state index contributed by atoms with van der Waals surface area (Å²) in [6, 6.07) is 43.5. The first-order chi connectivity index (χ1) is 23.5. The van der Waals surface area contributed by atoms with Crippen molar-refractivity contribution < 1.29 is 23.0 Å². The summed E-state index contributed by atoms with van der Waals surface area (Å²) in [5, 5.41) is 0. The Hall–Kier alpha value is -3.00. The van der Waals surface area contributed by atoms with E-state index in [0.717, 1.165) is 18.3 Å². The molecule has 0 aliphatic heterocycles. The molecule has 0 heterocycles. The first kappa shape index (κ1) is 38.2. The van der Waals surface area contributed by atoms with E-state index in [1.165, 1.54) is 0 Å². The van der Waals surface area contributed by atoms with Gasteiger partial charge in [0.15, 0.2) is 0 Å².